The van der Waals surface area contributed by atoms with Gasteiger partial charge in [-0.25, -0.2) is 9.97 Å². The second-order valence-corrected chi connectivity index (χ2v) is 8.42. The van der Waals surface area contributed by atoms with Gasteiger partial charge in [-0.05, 0) is 26.1 Å². The van der Waals surface area contributed by atoms with Crippen molar-refractivity contribution in [2.75, 3.05) is 19.4 Å². The molecule has 3 aromatic heterocycles. The number of anilines is 1. The molecule has 0 unspecified atom stereocenters. The Hall–Kier alpha value is -2.84. The Morgan fingerprint density at radius 3 is 2.83 bits per heavy atom. The summed E-state index contributed by atoms with van der Waals surface area (Å²) < 4.78 is 2.22. The summed E-state index contributed by atoms with van der Waals surface area (Å²) in [5, 5.41) is 15.5. The molecule has 0 fully saturated rings. The van der Waals surface area contributed by atoms with E-state index in [1.165, 1.54) is 5.56 Å². The van der Waals surface area contributed by atoms with E-state index < -0.39 is 0 Å². The minimum atomic E-state index is 0.602. The summed E-state index contributed by atoms with van der Waals surface area (Å²) in [5.41, 5.74) is 2.34. The number of benzene rings is 1. The molecule has 0 spiro atoms. The Kier molecular flexibility index (Phi) is 4.73. The van der Waals surface area contributed by atoms with Crippen LogP contribution in [0.25, 0.3) is 21.3 Å². The number of aryl methyl sites for hydroxylation is 1. The Balaban J connectivity index is 1.55. The Bertz CT molecular complexity index is 1150. The topological polar surface area (TPSA) is 71.8 Å². The number of fused-ring (bicyclic) bond motifs is 2. The van der Waals surface area contributed by atoms with Crippen molar-refractivity contribution in [2.24, 2.45) is 0 Å². The molecule has 1 aliphatic heterocycles. The van der Waals surface area contributed by atoms with E-state index in [0.717, 1.165) is 58.5 Å². The highest BCUT2D eigenvalue weighted by molar-refractivity contribution is 7.17. The van der Waals surface area contributed by atoms with Gasteiger partial charge in [0.1, 0.15) is 22.3 Å². The van der Waals surface area contributed by atoms with E-state index in [9.17, 15) is 0 Å². The zero-order valence-electron chi connectivity index (χ0n) is 16.6. The second kappa shape index (κ2) is 7.53. The van der Waals surface area contributed by atoms with Crippen LogP contribution in [0.5, 0.6) is 0 Å². The van der Waals surface area contributed by atoms with Gasteiger partial charge in [0.25, 0.3) is 0 Å². The molecule has 0 bridgehead atoms. The summed E-state index contributed by atoms with van der Waals surface area (Å²) in [6.45, 7) is 2.30. The van der Waals surface area contributed by atoms with Crippen LogP contribution >= 0.6 is 11.3 Å². The van der Waals surface area contributed by atoms with Crippen molar-refractivity contribution in [1.29, 1.82) is 0 Å². The average molecular weight is 406 g/mol. The summed E-state index contributed by atoms with van der Waals surface area (Å²) in [7, 11) is 4.06. The van der Waals surface area contributed by atoms with Crippen LogP contribution in [0.3, 0.4) is 0 Å². The molecular formula is C21H23N7S. The predicted molar refractivity (Wildman–Crippen MR) is 116 cm³/mol. The largest absolute Gasteiger partial charge is 0.362 e. The van der Waals surface area contributed by atoms with Crippen molar-refractivity contribution in [2.45, 2.75) is 32.5 Å². The van der Waals surface area contributed by atoms with Crippen molar-refractivity contribution >= 4 is 27.4 Å². The molecule has 0 atom stereocenters. The van der Waals surface area contributed by atoms with E-state index in [4.69, 9.17) is 9.97 Å². The van der Waals surface area contributed by atoms with Crippen molar-refractivity contribution in [1.82, 2.24) is 29.6 Å². The molecule has 0 amide bonds. The maximum atomic E-state index is 4.88. The molecule has 148 valence electrons. The lowest BCUT2D eigenvalue weighted by Gasteiger charge is -2.13. The van der Waals surface area contributed by atoms with Crippen LogP contribution in [-0.2, 0) is 26.1 Å². The SMILES string of the molecule is CN(C)Cc1nc(NCc2nnc3n2CCC3)c2c(-c3ccccc3)csc2n1. The first-order chi connectivity index (χ1) is 14.2. The smallest absolute Gasteiger partial charge is 0.152 e. The Labute approximate surface area is 173 Å². The van der Waals surface area contributed by atoms with Crippen molar-refractivity contribution < 1.29 is 0 Å². The molecule has 7 nitrogen and oxygen atoms in total. The van der Waals surface area contributed by atoms with Crippen molar-refractivity contribution in [3.63, 3.8) is 0 Å². The number of rotatable bonds is 6. The third-order valence-corrected chi connectivity index (χ3v) is 5.99. The second-order valence-electron chi connectivity index (χ2n) is 7.56. The highest BCUT2D eigenvalue weighted by atomic mass is 32.1. The van der Waals surface area contributed by atoms with Gasteiger partial charge in [-0.2, -0.15) is 0 Å². The predicted octanol–water partition coefficient (Wildman–Crippen LogP) is 3.57. The fraction of sp³-hybridized carbons (Fsp3) is 0.333. The molecule has 1 aliphatic rings. The van der Waals surface area contributed by atoms with Gasteiger partial charge in [0, 0.05) is 23.9 Å². The van der Waals surface area contributed by atoms with E-state index in [0.29, 0.717) is 13.1 Å². The van der Waals surface area contributed by atoms with Crippen molar-refractivity contribution in [3.8, 4) is 11.1 Å². The maximum Gasteiger partial charge on any atom is 0.152 e. The van der Waals surface area contributed by atoms with Crippen LogP contribution in [0, 0.1) is 0 Å². The van der Waals surface area contributed by atoms with Gasteiger partial charge in [-0.15, -0.1) is 21.5 Å². The molecule has 8 heteroatoms. The molecule has 29 heavy (non-hydrogen) atoms. The van der Waals surface area contributed by atoms with Crippen LogP contribution < -0.4 is 5.32 Å². The lowest BCUT2D eigenvalue weighted by Crippen LogP contribution is -2.15. The molecule has 0 aliphatic carbocycles. The number of hydrogen-bond donors (Lipinski definition) is 1. The summed E-state index contributed by atoms with van der Waals surface area (Å²) in [4.78, 5) is 12.8. The van der Waals surface area contributed by atoms with E-state index in [1.54, 1.807) is 11.3 Å². The average Bonchev–Trinajstić information content (AvgIpc) is 3.42. The van der Waals surface area contributed by atoms with Crippen LogP contribution in [0.2, 0.25) is 0 Å². The first-order valence-corrected chi connectivity index (χ1v) is 10.7. The van der Waals surface area contributed by atoms with Crippen molar-refractivity contribution in [3.05, 3.63) is 53.2 Å². The zero-order valence-corrected chi connectivity index (χ0v) is 17.4. The highest BCUT2D eigenvalue weighted by Crippen LogP contribution is 2.37. The van der Waals surface area contributed by atoms with E-state index in [2.05, 4.69) is 54.6 Å². The van der Waals surface area contributed by atoms with E-state index in [-0.39, 0.29) is 0 Å². The van der Waals surface area contributed by atoms with Gasteiger partial charge < -0.3 is 14.8 Å². The number of thiophene rings is 1. The van der Waals surface area contributed by atoms with Gasteiger partial charge in [-0.1, -0.05) is 30.3 Å². The normalized spacial score (nSPS) is 13.3. The maximum absolute atomic E-state index is 4.88. The zero-order chi connectivity index (χ0) is 19.8. The van der Waals surface area contributed by atoms with Crippen LogP contribution in [0.1, 0.15) is 23.9 Å². The number of nitrogens with one attached hydrogen (secondary N) is 1. The molecule has 4 heterocycles. The number of aromatic nitrogens is 5. The fourth-order valence-electron chi connectivity index (χ4n) is 3.80. The highest BCUT2D eigenvalue weighted by Gasteiger charge is 2.19. The lowest BCUT2D eigenvalue weighted by atomic mass is 10.1. The first-order valence-electron chi connectivity index (χ1n) is 9.82. The molecule has 0 radical (unpaired) electrons. The molecule has 4 aromatic rings. The lowest BCUT2D eigenvalue weighted by molar-refractivity contribution is 0.391. The summed E-state index contributed by atoms with van der Waals surface area (Å²) in [6, 6.07) is 10.4. The van der Waals surface area contributed by atoms with E-state index in [1.807, 2.05) is 20.2 Å². The summed E-state index contributed by atoms with van der Waals surface area (Å²) >= 11 is 1.66. The van der Waals surface area contributed by atoms with Crippen LogP contribution in [0.15, 0.2) is 35.7 Å². The van der Waals surface area contributed by atoms with Crippen LogP contribution in [0.4, 0.5) is 5.82 Å². The summed E-state index contributed by atoms with van der Waals surface area (Å²) in [6.07, 6.45) is 2.16. The standard InChI is InChI=1S/C21H23N7S/c1-27(2)12-16-23-20(22-11-18-26-25-17-9-6-10-28(17)18)19-15(13-29-21(19)24-16)14-7-4-3-5-8-14/h3-5,7-8,13H,6,9-12H2,1-2H3,(H,22,23,24). The fourth-order valence-corrected chi connectivity index (χ4v) is 4.77. The van der Waals surface area contributed by atoms with Gasteiger partial charge in [0.2, 0.25) is 0 Å². The molecular weight excluding hydrogens is 382 g/mol. The minimum absolute atomic E-state index is 0.602. The third kappa shape index (κ3) is 3.49. The molecule has 0 saturated heterocycles. The monoisotopic (exact) mass is 405 g/mol. The molecule has 1 N–H and O–H groups in total. The van der Waals surface area contributed by atoms with Gasteiger partial charge >= 0.3 is 0 Å². The first kappa shape index (κ1) is 18.2. The van der Waals surface area contributed by atoms with Gasteiger partial charge in [0.15, 0.2) is 5.82 Å². The number of nitrogens with zero attached hydrogens (tertiary/aromatic N) is 6. The van der Waals surface area contributed by atoms with Crippen LogP contribution in [-0.4, -0.2) is 43.7 Å². The third-order valence-electron chi connectivity index (χ3n) is 5.12. The number of hydrogen-bond acceptors (Lipinski definition) is 7. The Morgan fingerprint density at radius 1 is 1.14 bits per heavy atom. The van der Waals surface area contributed by atoms with E-state index >= 15 is 0 Å². The molecule has 1 aromatic carbocycles. The molecule has 0 saturated carbocycles. The van der Waals surface area contributed by atoms with Gasteiger partial charge in [0.05, 0.1) is 18.5 Å². The molecule has 5 rings (SSSR count). The minimum Gasteiger partial charge on any atom is -0.362 e. The quantitative estimate of drug-likeness (QED) is 0.529. The summed E-state index contributed by atoms with van der Waals surface area (Å²) in [5.74, 6) is 3.73. The Morgan fingerprint density at radius 2 is 2.00 bits per heavy atom. The van der Waals surface area contributed by atoms with Gasteiger partial charge in [-0.3, -0.25) is 0 Å².